The third-order valence-corrected chi connectivity index (χ3v) is 3.39. The van der Waals surface area contributed by atoms with Crippen LogP contribution in [0.4, 0.5) is 0 Å². The molecule has 17 heavy (non-hydrogen) atoms. The minimum Gasteiger partial charge on any atom is -0.493 e. The number of ether oxygens (including phenoxy) is 1. The van der Waals surface area contributed by atoms with Crippen LogP contribution in [-0.2, 0) is 6.42 Å². The molecule has 0 atom stereocenters. The predicted molar refractivity (Wildman–Crippen MR) is 67.2 cm³/mol. The van der Waals surface area contributed by atoms with Crippen LogP contribution in [0.2, 0.25) is 0 Å². The molecule has 3 nitrogen and oxygen atoms in total. The molecule has 0 N–H and O–H groups in total. The molecule has 1 aromatic carbocycles. The Bertz CT molecular complexity index is 528. The van der Waals surface area contributed by atoms with Gasteiger partial charge in [0.2, 0.25) is 0 Å². The number of aryl methyl sites for hydroxylation is 1. The lowest BCUT2D eigenvalue weighted by molar-refractivity contribution is 0.321. The lowest BCUT2D eigenvalue weighted by Crippen LogP contribution is -2.00. The van der Waals surface area contributed by atoms with Crippen molar-refractivity contribution < 1.29 is 4.74 Å². The highest BCUT2D eigenvalue weighted by molar-refractivity contribution is 7.12. The summed E-state index contributed by atoms with van der Waals surface area (Å²) in [6.07, 6.45) is 0.738. The average molecular weight is 244 g/mol. The Morgan fingerprint density at radius 1 is 1.35 bits per heavy atom. The maximum absolute atomic E-state index is 8.82. The summed E-state index contributed by atoms with van der Waals surface area (Å²) in [6, 6.07) is 11.8. The molecule has 0 saturated carbocycles. The van der Waals surface area contributed by atoms with Gasteiger partial charge in [0.25, 0.3) is 0 Å². The van der Waals surface area contributed by atoms with Crippen LogP contribution in [0.3, 0.4) is 0 Å². The molecule has 86 valence electrons. The normalized spacial score (nSPS) is 9.88. The van der Waals surface area contributed by atoms with Gasteiger partial charge in [0.1, 0.15) is 16.7 Å². The molecule has 1 aromatic heterocycles. The third-order valence-electron chi connectivity index (χ3n) is 2.27. The maximum Gasteiger partial charge on any atom is 0.127 e. The minimum atomic E-state index is 0.585. The van der Waals surface area contributed by atoms with Gasteiger partial charge in [-0.2, -0.15) is 5.26 Å². The molecule has 0 spiro atoms. The number of para-hydroxylation sites is 1. The molecule has 2 rings (SSSR count). The minimum absolute atomic E-state index is 0.585. The van der Waals surface area contributed by atoms with Crippen LogP contribution >= 0.6 is 11.3 Å². The van der Waals surface area contributed by atoms with Gasteiger partial charge in [-0.1, -0.05) is 18.2 Å². The molecule has 0 aliphatic heterocycles. The number of nitrogens with zero attached hydrogens (tertiary/aromatic N) is 2. The van der Waals surface area contributed by atoms with E-state index in [2.05, 4.69) is 11.1 Å². The molecular formula is C13H12N2OS. The van der Waals surface area contributed by atoms with Crippen molar-refractivity contribution in [3.8, 4) is 11.8 Å². The van der Waals surface area contributed by atoms with Crippen molar-refractivity contribution in [1.29, 1.82) is 5.26 Å². The zero-order valence-electron chi connectivity index (χ0n) is 9.51. The van der Waals surface area contributed by atoms with Crippen molar-refractivity contribution in [2.24, 2.45) is 0 Å². The number of hydrogen-bond donors (Lipinski definition) is 0. The highest BCUT2D eigenvalue weighted by Gasteiger charge is 2.06. The topological polar surface area (TPSA) is 45.9 Å². The molecular weight excluding hydrogens is 232 g/mol. The van der Waals surface area contributed by atoms with Crippen molar-refractivity contribution in [3.63, 3.8) is 0 Å². The highest BCUT2D eigenvalue weighted by Crippen LogP contribution is 2.17. The summed E-state index contributed by atoms with van der Waals surface area (Å²) in [5.74, 6) is 0.862. The van der Waals surface area contributed by atoms with E-state index >= 15 is 0 Å². The summed E-state index contributed by atoms with van der Waals surface area (Å²) >= 11 is 1.44. The standard InChI is InChI=1S/C13H12N2OS/c1-10-12(9-14)17-13(15-10)7-8-16-11-5-3-2-4-6-11/h2-6H,7-8H2,1H3. The van der Waals surface area contributed by atoms with Gasteiger partial charge >= 0.3 is 0 Å². The lowest BCUT2D eigenvalue weighted by Gasteiger charge is -2.03. The predicted octanol–water partition coefficient (Wildman–Crippen LogP) is 2.94. The third kappa shape index (κ3) is 3.05. The number of benzene rings is 1. The molecule has 1 heterocycles. The second kappa shape index (κ2) is 5.46. The first-order chi connectivity index (χ1) is 8.29. The van der Waals surface area contributed by atoms with E-state index in [0.717, 1.165) is 22.9 Å². The molecule has 0 aliphatic rings. The van der Waals surface area contributed by atoms with E-state index in [1.54, 1.807) is 0 Å². The Kier molecular flexibility index (Phi) is 3.73. The smallest absolute Gasteiger partial charge is 0.127 e. The molecule has 0 saturated heterocycles. The maximum atomic E-state index is 8.82. The second-order valence-corrected chi connectivity index (χ2v) is 4.63. The highest BCUT2D eigenvalue weighted by atomic mass is 32.1. The van der Waals surface area contributed by atoms with Gasteiger partial charge in [-0.05, 0) is 19.1 Å². The van der Waals surface area contributed by atoms with Crippen LogP contribution in [0, 0.1) is 18.3 Å². The number of thiazole rings is 1. The zero-order valence-corrected chi connectivity index (χ0v) is 10.3. The van der Waals surface area contributed by atoms with E-state index in [0.29, 0.717) is 11.5 Å². The summed E-state index contributed by atoms with van der Waals surface area (Å²) in [4.78, 5) is 5.02. The summed E-state index contributed by atoms with van der Waals surface area (Å²) in [5.41, 5.74) is 0.812. The van der Waals surface area contributed by atoms with Crippen molar-refractivity contribution >= 4 is 11.3 Å². The second-order valence-electron chi connectivity index (χ2n) is 3.55. The number of nitriles is 1. The summed E-state index contributed by atoms with van der Waals surface area (Å²) in [5, 5.41) is 9.78. The number of aromatic nitrogens is 1. The SMILES string of the molecule is Cc1nc(CCOc2ccccc2)sc1C#N. The largest absolute Gasteiger partial charge is 0.493 e. The van der Waals surface area contributed by atoms with Gasteiger partial charge in [0.05, 0.1) is 17.3 Å². The van der Waals surface area contributed by atoms with Gasteiger partial charge in [-0.25, -0.2) is 4.98 Å². The molecule has 0 amide bonds. The molecule has 4 heteroatoms. The van der Waals surface area contributed by atoms with Crippen LogP contribution in [0.5, 0.6) is 5.75 Å². The van der Waals surface area contributed by atoms with Crippen LogP contribution in [0.15, 0.2) is 30.3 Å². The Morgan fingerprint density at radius 3 is 2.76 bits per heavy atom. The first-order valence-electron chi connectivity index (χ1n) is 5.34. The van der Waals surface area contributed by atoms with Gasteiger partial charge < -0.3 is 4.74 Å². The fourth-order valence-electron chi connectivity index (χ4n) is 1.44. The van der Waals surface area contributed by atoms with Crippen LogP contribution in [-0.4, -0.2) is 11.6 Å². The molecule has 0 bridgehead atoms. The number of rotatable bonds is 4. The summed E-state index contributed by atoms with van der Waals surface area (Å²) in [6.45, 7) is 2.44. The van der Waals surface area contributed by atoms with E-state index in [1.807, 2.05) is 37.3 Å². The Morgan fingerprint density at radius 2 is 2.12 bits per heavy atom. The van der Waals surface area contributed by atoms with Crippen LogP contribution < -0.4 is 4.74 Å². The Hall–Kier alpha value is -1.86. The quantitative estimate of drug-likeness (QED) is 0.830. The van der Waals surface area contributed by atoms with Crippen LogP contribution in [0.1, 0.15) is 15.6 Å². The van der Waals surface area contributed by atoms with Crippen molar-refractivity contribution in [1.82, 2.24) is 4.98 Å². The fourth-order valence-corrected chi connectivity index (χ4v) is 2.28. The van der Waals surface area contributed by atoms with E-state index < -0.39 is 0 Å². The number of hydrogen-bond acceptors (Lipinski definition) is 4. The van der Waals surface area contributed by atoms with E-state index in [9.17, 15) is 0 Å². The van der Waals surface area contributed by atoms with Crippen molar-refractivity contribution in [2.45, 2.75) is 13.3 Å². The van der Waals surface area contributed by atoms with Gasteiger partial charge in [0, 0.05) is 6.42 Å². The molecule has 0 aliphatic carbocycles. The molecule has 0 radical (unpaired) electrons. The first kappa shape index (κ1) is 11.6. The van der Waals surface area contributed by atoms with E-state index in [-0.39, 0.29) is 0 Å². The molecule has 0 fully saturated rings. The van der Waals surface area contributed by atoms with Gasteiger partial charge in [-0.3, -0.25) is 0 Å². The zero-order chi connectivity index (χ0) is 12.1. The van der Waals surface area contributed by atoms with Gasteiger partial charge in [0.15, 0.2) is 0 Å². The van der Waals surface area contributed by atoms with E-state index in [4.69, 9.17) is 10.00 Å². The Balaban J connectivity index is 1.88. The first-order valence-corrected chi connectivity index (χ1v) is 6.15. The van der Waals surface area contributed by atoms with Gasteiger partial charge in [-0.15, -0.1) is 11.3 Å². The van der Waals surface area contributed by atoms with Crippen LogP contribution in [0.25, 0.3) is 0 Å². The molecule has 0 unspecified atom stereocenters. The fraction of sp³-hybridized carbons (Fsp3) is 0.231. The monoisotopic (exact) mass is 244 g/mol. The van der Waals surface area contributed by atoms with Crippen molar-refractivity contribution in [3.05, 3.63) is 45.9 Å². The lowest BCUT2D eigenvalue weighted by atomic mass is 10.3. The average Bonchev–Trinajstić information content (AvgIpc) is 2.71. The van der Waals surface area contributed by atoms with E-state index in [1.165, 1.54) is 11.3 Å². The summed E-state index contributed by atoms with van der Waals surface area (Å²) < 4.78 is 5.58. The van der Waals surface area contributed by atoms with Crippen molar-refractivity contribution in [2.75, 3.05) is 6.61 Å². The summed E-state index contributed by atoms with van der Waals surface area (Å²) in [7, 11) is 0. The Labute approximate surface area is 104 Å². The molecule has 2 aromatic rings.